The van der Waals surface area contributed by atoms with Crippen molar-refractivity contribution in [3.63, 3.8) is 0 Å². The molecule has 0 spiro atoms. The van der Waals surface area contributed by atoms with Gasteiger partial charge in [-0.1, -0.05) is 0 Å². The number of nitrogens with one attached hydrogen (secondary N) is 1. The second kappa shape index (κ2) is 3.67. The summed E-state index contributed by atoms with van der Waals surface area (Å²) in [5.74, 6) is 0.737. The standard InChI is InChI=1S/C8H14N4/c1-2-8(4-9-3-1)5-12-7-10-6-11-12/h6-9H,1-5H2/t8-/m1/s1. The maximum Gasteiger partial charge on any atom is 0.137 e. The molecule has 1 atom stereocenters. The van der Waals surface area contributed by atoms with Crippen LogP contribution in [0.5, 0.6) is 0 Å². The van der Waals surface area contributed by atoms with Crippen molar-refractivity contribution in [2.24, 2.45) is 5.92 Å². The van der Waals surface area contributed by atoms with Crippen molar-refractivity contribution in [3.8, 4) is 0 Å². The Morgan fingerprint density at radius 2 is 2.58 bits per heavy atom. The average molecular weight is 166 g/mol. The molecule has 1 N–H and O–H groups in total. The topological polar surface area (TPSA) is 42.7 Å². The van der Waals surface area contributed by atoms with Crippen molar-refractivity contribution < 1.29 is 0 Å². The van der Waals surface area contributed by atoms with E-state index in [9.17, 15) is 0 Å². The molecule has 1 aromatic rings. The summed E-state index contributed by atoms with van der Waals surface area (Å²) in [6, 6.07) is 0. The summed E-state index contributed by atoms with van der Waals surface area (Å²) in [7, 11) is 0. The van der Waals surface area contributed by atoms with E-state index in [1.807, 2.05) is 4.68 Å². The van der Waals surface area contributed by atoms with Crippen LogP contribution >= 0.6 is 0 Å². The van der Waals surface area contributed by atoms with Crippen molar-refractivity contribution in [1.29, 1.82) is 0 Å². The number of hydrogen-bond donors (Lipinski definition) is 1. The van der Waals surface area contributed by atoms with Gasteiger partial charge in [0.2, 0.25) is 0 Å². The first-order chi connectivity index (χ1) is 5.95. The molecule has 0 unspecified atom stereocenters. The first-order valence-corrected chi connectivity index (χ1v) is 4.48. The zero-order valence-electron chi connectivity index (χ0n) is 7.11. The minimum Gasteiger partial charge on any atom is -0.316 e. The molecule has 66 valence electrons. The second-order valence-electron chi connectivity index (χ2n) is 3.33. The monoisotopic (exact) mass is 166 g/mol. The van der Waals surface area contributed by atoms with Crippen LogP contribution in [0.3, 0.4) is 0 Å². The Bertz CT molecular complexity index is 213. The van der Waals surface area contributed by atoms with Gasteiger partial charge in [0.05, 0.1) is 0 Å². The average Bonchev–Trinajstić information content (AvgIpc) is 2.59. The molecule has 1 aromatic heterocycles. The largest absolute Gasteiger partial charge is 0.316 e. The Morgan fingerprint density at radius 1 is 1.58 bits per heavy atom. The molecule has 1 aliphatic rings. The van der Waals surface area contributed by atoms with Gasteiger partial charge in [0.25, 0.3) is 0 Å². The van der Waals surface area contributed by atoms with Gasteiger partial charge in [0.15, 0.2) is 0 Å². The maximum absolute atomic E-state index is 4.09. The first kappa shape index (κ1) is 7.73. The normalized spacial score (nSPS) is 24.2. The van der Waals surface area contributed by atoms with Crippen LogP contribution in [0.15, 0.2) is 12.7 Å². The van der Waals surface area contributed by atoms with Crippen LogP contribution in [0, 0.1) is 5.92 Å². The highest BCUT2D eigenvalue weighted by atomic mass is 15.3. The molecule has 2 rings (SSSR count). The number of piperidine rings is 1. The molecule has 0 aliphatic carbocycles. The van der Waals surface area contributed by atoms with E-state index in [1.54, 1.807) is 12.7 Å². The van der Waals surface area contributed by atoms with E-state index < -0.39 is 0 Å². The van der Waals surface area contributed by atoms with Gasteiger partial charge >= 0.3 is 0 Å². The summed E-state index contributed by atoms with van der Waals surface area (Å²) in [6.45, 7) is 3.31. The van der Waals surface area contributed by atoms with Crippen molar-refractivity contribution in [3.05, 3.63) is 12.7 Å². The van der Waals surface area contributed by atoms with Crippen molar-refractivity contribution >= 4 is 0 Å². The van der Waals surface area contributed by atoms with Crippen molar-refractivity contribution in [2.45, 2.75) is 19.4 Å². The van der Waals surface area contributed by atoms with Gasteiger partial charge in [-0.05, 0) is 31.8 Å². The zero-order valence-corrected chi connectivity index (χ0v) is 7.11. The van der Waals surface area contributed by atoms with Gasteiger partial charge in [-0.15, -0.1) is 0 Å². The van der Waals surface area contributed by atoms with Gasteiger partial charge in [-0.25, -0.2) is 4.98 Å². The SMILES string of the molecule is c1ncn(C[C@@H]2CCCNC2)n1. The van der Waals surface area contributed by atoms with E-state index in [-0.39, 0.29) is 0 Å². The van der Waals surface area contributed by atoms with Crippen molar-refractivity contribution in [2.75, 3.05) is 13.1 Å². The lowest BCUT2D eigenvalue weighted by Gasteiger charge is -2.22. The van der Waals surface area contributed by atoms with E-state index in [0.29, 0.717) is 0 Å². The lowest BCUT2D eigenvalue weighted by atomic mass is 10.00. The van der Waals surface area contributed by atoms with Gasteiger partial charge in [0, 0.05) is 6.54 Å². The third-order valence-corrected chi connectivity index (χ3v) is 2.31. The molecular weight excluding hydrogens is 152 g/mol. The fourth-order valence-corrected chi connectivity index (χ4v) is 1.67. The lowest BCUT2D eigenvalue weighted by Crippen LogP contribution is -2.32. The van der Waals surface area contributed by atoms with Crippen LogP contribution < -0.4 is 5.32 Å². The summed E-state index contributed by atoms with van der Waals surface area (Å²) in [4.78, 5) is 3.92. The highest BCUT2D eigenvalue weighted by Crippen LogP contribution is 2.11. The molecular formula is C8H14N4. The highest BCUT2D eigenvalue weighted by molar-refractivity contribution is 4.69. The number of rotatable bonds is 2. The van der Waals surface area contributed by atoms with E-state index in [4.69, 9.17) is 0 Å². The predicted octanol–water partition coefficient (Wildman–Crippen LogP) is 0.278. The fourth-order valence-electron chi connectivity index (χ4n) is 1.67. The molecule has 4 nitrogen and oxygen atoms in total. The molecule has 12 heavy (non-hydrogen) atoms. The van der Waals surface area contributed by atoms with E-state index in [2.05, 4.69) is 15.4 Å². The summed E-state index contributed by atoms with van der Waals surface area (Å²) < 4.78 is 1.91. The van der Waals surface area contributed by atoms with Gasteiger partial charge < -0.3 is 5.32 Å². The van der Waals surface area contributed by atoms with Crippen LogP contribution in [-0.4, -0.2) is 27.9 Å². The van der Waals surface area contributed by atoms with Gasteiger partial charge in [0.1, 0.15) is 12.7 Å². The summed E-state index contributed by atoms with van der Waals surface area (Å²) in [5, 5.41) is 7.47. The van der Waals surface area contributed by atoms with Crippen LogP contribution in [-0.2, 0) is 6.54 Å². The molecule has 1 fully saturated rings. The summed E-state index contributed by atoms with van der Waals surface area (Å²) in [6.07, 6.45) is 5.98. The van der Waals surface area contributed by atoms with E-state index in [1.165, 1.54) is 19.4 Å². The molecule has 0 bridgehead atoms. The number of hydrogen-bond acceptors (Lipinski definition) is 3. The second-order valence-corrected chi connectivity index (χ2v) is 3.33. The van der Waals surface area contributed by atoms with Crippen LogP contribution in [0.4, 0.5) is 0 Å². The number of nitrogens with zero attached hydrogens (tertiary/aromatic N) is 3. The Hall–Kier alpha value is -0.900. The van der Waals surface area contributed by atoms with Crippen LogP contribution in [0.1, 0.15) is 12.8 Å². The molecule has 0 amide bonds. The van der Waals surface area contributed by atoms with E-state index >= 15 is 0 Å². The molecule has 0 radical (unpaired) electrons. The Morgan fingerprint density at radius 3 is 3.25 bits per heavy atom. The third-order valence-electron chi connectivity index (χ3n) is 2.31. The quantitative estimate of drug-likeness (QED) is 0.686. The highest BCUT2D eigenvalue weighted by Gasteiger charge is 2.13. The molecule has 2 heterocycles. The fraction of sp³-hybridized carbons (Fsp3) is 0.750. The predicted molar refractivity (Wildman–Crippen MR) is 45.6 cm³/mol. The lowest BCUT2D eigenvalue weighted by molar-refractivity contribution is 0.325. The minimum atomic E-state index is 0.737. The summed E-state index contributed by atoms with van der Waals surface area (Å²) >= 11 is 0. The molecule has 0 aromatic carbocycles. The molecule has 1 aliphatic heterocycles. The third kappa shape index (κ3) is 1.82. The first-order valence-electron chi connectivity index (χ1n) is 4.48. The minimum absolute atomic E-state index is 0.737. The van der Waals surface area contributed by atoms with Crippen molar-refractivity contribution in [1.82, 2.24) is 20.1 Å². The Labute approximate surface area is 72.0 Å². The molecule has 0 saturated carbocycles. The van der Waals surface area contributed by atoms with Crippen LogP contribution in [0.2, 0.25) is 0 Å². The smallest absolute Gasteiger partial charge is 0.137 e. The molecule has 4 heteroatoms. The van der Waals surface area contributed by atoms with Gasteiger partial charge in [-0.2, -0.15) is 5.10 Å². The maximum atomic E-state index is 4.09. The van der Waals surface area contributed by atoms with E-state index in [0.717, 1.165) is 19.0 Å². The van der Waals surface area contributed by atoms with Gasteiger partial charge in [-0.3, -0.25) is 4.68 Å². The van der Waals surface area contributed by atoms with Crippen LogP contribution in [0.25, 0.3) is 0 Å². The summed E-state index contributed by atoms with van der Waals surface area (Å²) in [5.41, 5.74) is 0. The Balaban J connectivity index is 1.86. The molecule has 1 saturated heterocycles. The Kier molecular flexibility index (Phi) is 2.36. The number of aromatic nitrogens is 3. The zero-order chi connectivity index (χ0) is 8.23.